The molecule has 1 rings (SSSR count). The fraction of sp³-hybridized carbons (Fsp3) is 0.467. The third-order valence-electron chi connectivity index (χ3n) is 2.37. The van der Waals surface area contributed by atoms with Gasteiger partial charge in [0.05, 0.1) is 13.0 Å². The van der Waals surface area contributed by atoms with E-state index in [-0.39, 0.29) is 18.8 Å². The minimum absolute atomic E-state index is 0.0214. The number of phenolic OH excluding ortho intramolecular Hbond substituents is 1. The smallest absolute Gasteiger partial charge is 0.412 e. The van der Waals surface area contributed by atoms with E-state index in [1.807, 2.05) is 0 Å². The van der Waals surface area contributed by atoms with Gasteiger partial charge in [0.25, 0.3) is 0 Å². The second-order valence-corrected chi connectivity index (χ2v) is 5.45. The van der Waals surface area contributed by atoms with Crippen molar-refractivity contribution in [3.8, 4) is 5.75 Å². The predicted molar refractivity (Wildman–Crippen MR) is 78.3 cm³/mol. The van der Waals surface area contributed by atoms with Crippen LogP contribution in [-0.4, -0.2) is 29.4 Å². The van der Waals surface area contributed by atoms with Crippen molar-refractivity contribution in [2.24, 2.45) is 0 Å². The fourth-order valence-electron chi connectivity index (χ4n) is 1.58. The van der Waals surface area contributed by atoms with Gasteiger partial charge in [-0.3, -0.25) is 10.1 Å². The predicted octanol–water partition coefficient (Wildman–Crippen LogP) is 2.84. The molecule has 2 N–H and O–H groups in total. The van der Waals surface area contributed by atoms with Crippen molar-refractivity contribution in [2.75, 3.05) is 11.9 Å². The van der Waals surface area contributed by atoms with Crippen LogP contribution in [0.1, 0.15) is 33.3 Å². The summed E-state index contributed by atoms with van der Waals surface area (Å²) in [6.07, 6.45) is -0.633. The van der Waals surface area contributed by atoms with Gasteiger partial charge < -0.3 is 14.6 Å². The number of carbonyl (C=O) groups excluding carboxylic acids is 2. The molecule has 116 valence electrons. The highest BCUT2D eigenvalue weighted by Crippen LogP contribution is 2.23. The van der Waals surface area contributed by atoms with Crippen LogP contribution in [0.3, 0.4) is 0 Å². The molecule has 0 bridgehead atoms. The van der Waals surface area contributed by atoms with Crippen LogP contribution in [0.5, 0.6) is 5.75 Å². The van der Waals surface area contributed by atoms with Crippen molar-refractivity contribution >= 4 is 17.7 Å². The molecule has 6 nitrogen and oxygen atoms in total. The monoisotopic (exact) mass is 295 g/mol. The standard InChI is InChI=1S/C15H21NO5/c1-5-20-13(18)8-10-6-7-11(9-12(10)17)16-14(19)21-15(2,3)4/h6-7,9,17H,5,8H2,1-4H3,(H,16,19). The van der Waals surface area contributed by atoms with Crippen LogP contribution in [0.4, 0.5) is 10.5 Å². The number of benzene rings is 1. The second-order valence-electron chi connectivity index (χ2n) is 5.45. The highest BCUT2D eigenvalue weighted by molar-refractivity contribution is 5.85. The maximum Gasteiger partial charge on any atom is 0.412 e. The van der Waals surface area contributed by atoms with Crippen molar-refractivity contribution in [3.63, 3.8) is 0 Å². The average Bonchev–Trinajstić information content (AvgIpc) is 2.30. The van der Waals surface area contributed by atoms with Crippen molar-refractivity contribution in [3.05, 3.63) is 23.8 Å². The summed E-state index contributed by atoms with van der Waals surface area (Å²) in [7, 11) is 0. The molecule has 21 heavy (non-hydrogen) atoms. The molecule has 1 amide bonds. The van der Waals surface area contributed by atoms with Crippen LogP contribution in [0.2, 0.25) is 0 Å². The summed E-state index contributed by atoms with van der Waals surface area (Å²) in [4.78, 5) is 23.0. The largest absolute Gasteiger partial charge is 0.508 e. The molecule has 0 spiro atoms. The molecule has 1 aromatic carbocycles. The normalized spacial score (nSPS) is 10.9. The second kappa shape index (κ2) is 6.97. The van der Waals surface area contributed by atoms with Gasteiger partial charge >= 0.3 is 12.1 Å². The Morgan fingerprint density at radius 1 is 1.29 bits per heavy atom. The summed E-state index contributed by atoms with van der Waals surface area (Å²) in [5, 5.41) is 12.4. The Morgan fingerprint density at radius 2 is 1.95 bits per heavy atom. The minimum Gasteiger partial charge on any atom is -0.508 e. The molecule has 0 aliphatic heterocycles. The van der Waals surface area contributed by atoms with Gasteiger partial charge in [-0.1, -0.05) is 6.07 Å². The first-order valence-electron chi connectivity index (χ1n) is 6.69. The number of esters is 1. The topological polar surface area (TPSA) is 84.9 Å². The van der Waals surface area contributed by atoms with Crippen LogP contribution in [0.15, 0.2) is 18.2 Å². The van der Waals surface area contributed by atoms with Crippen molar-refractivity contribution in [2.45, 2.75) is 39.7 Å². The Morgan fingerprint density at radius 3 is 2.48 bits per heavy atom. The van der Waals surface area contributed by atoms with Gasteiger partial charge in [-0.25, -0.2) is 4.79 Å². The van der Waals surface area contributed by atoms with Crippen LogP contribution in [-0.2, 0) is 20.7 Å². The Balaban J connectivity index is 2.70. The molecule has 0 radical (unpaired) electrons. The van der Waals surface area contributed by atoms with Crippen LogP contribution in [0, 0.1) is 0 Å². The van der Waals surface area contributed by atoms with E-state index in [9.17, 15) is 14.7 Å². The molecule has 6 heteroatoms. The number of carbonyl (C=O) groups is 2. The molecule has 0 atom stereocenters. The highest BCUT2D eigenvalue weighted by Gasteiger charge is 2.17. The summed E-state index contributed by atoms with van der Waals surface area (Å²) < 4.78 is 9.91. The first-order chi connectivity index (χ1) is 9.71. The number of anilines is 1. The maximum absolute atomic E-state index is 11.6. The number of nitrogens with one attached hydrogen (secondary N) is 1. The Bertz CT molecular complexity index is 519. The first kappa shape index (κ1) is 16.8. The number of phenols is 1. The van der Waals surface area contributed by atoms with Crippen molar-refractivity contribution in [1.82, 2.24) is 0 Å². The van der Waals surface area contributed by atoms with E-state index >= 15 is 0 Å². The van der Waals surface area contributed by atoms with Gasteiger partial charge in [0.15, 0.2) is 0 Å². The summed E-state index contributed by atoms with van der Waals surface area (Å²) in [6, 6.07) is 4.50. The summed E-state index contributed by atoms with van der Waals surface area (Å²) in [5.74, 6) is -0.503. The molecule has 0 heterocycles. The SMILES string of the molecule is CCOC(=O)Cc1ccc(NC(=O)OC(C)(C)C)cc1O. The number of hydrogen-bond donors (Lipinski definition) is 2. The van der Waals surface area contributed by atoms with Crippen LogP contribution >= 0.6 is 0 Å². The van der Waals surface area contributed by atoms with Gasteiger partial charge in [0.1, 0.15) is 11.4 Å². The first-order valence-corrected chi connectivity index (χ1v) is 6.69. The molecule has 1 aromatic rings. The van der Waals surface area contributed by atoms with E-state index in [0.717, 1.165) is 0 Å². The highest BCUT2D eigenvalue weighted by atomic mass is 16.6. The Labute approximate surface area is 124 Å². The van der Waals surface area contributed by atoms with Crippen LogP contribution < -0.4 is 5.32 Å². The van der Waals surface area contributed by atoms with Gasteiger partial charge in [0.2, 0.25) is 0 Å². The van der Waals surface area contributed by atoms with E-state index in [0.29, 0.717) is 11.3 Å². The van der Waals surface area contributed by atoms with Crippen molar-refractivity contribution < 1.29 is 24.2 Å². The summed E-state index contributed by atoms with van der Waals surface area (Å²) >= 11 is 0. The van der Waals surface area contributed by atoms with Crippen molar-refractivity contribution in [1.29, 1.82) is 0 Å². The summed E-state index contributed by atoms with van der Waals surface area (Å²) in [5.41, 5.74) is 0.216. The number of rotatable bonds is 4. The number of ether oxygens (including phenoxy) is 2. The molecule has 0 saturated heterocycles. The third kappa shape index (κ3) is 6.16. The lowest BCUT2D eigenvalue weighted by molar-refractivity contribution is -0.142. The van der Waals surface area contributed by atoms with Gasteiger partial charge in [-0.15, -0.1) is 0 Å². The Kier molecular flexibility index (Phi) is 5.58. The lowest BCUT2D eigenvalue weighted by Crippen LogP contribution is -2.27. The average molecular weight is 295 g/mol. The molecular formula is C15H21NO5. The van der Waals surface area contributed by atoms with E-state index in [1.165, 1.54) is 6.07 Å². The van der Waals surface area contributed by atoms with Crippen LogP contribution in [0.25, 0.3) is 0 Å². The zero-order chi connectivity index (χ0) is 16.0. The molecule has 0 saturated carbocycles. The fourth-order valence-corrected chi connectivity index (χ4v) is 1.58. The van der Waals surface area contributed by atoms with Gasteiger partial charge in [-0.05, 0) is 33.8 Å². The molecule has 0 fully saturated rings. The number of hydrogen-bond acceptors (Lipinski definition) is 5. The molecule has 0 unspecified atom stereocenters. The quantitative estimate of drug-likeness (QED) is 0.834. The zero-order valence-electron chi connectivity index (χ0n) is 12.7. The summed E-state index contributed by atoms with van der Waals surface area (Å²) in [6.45, 7) is 7.27. The van der Waals surface area contributed by atoms with E-state index in [2.05, 4.69) is 5.32 Å². The molecule has 0 aliphatic rings. The van der Waals surface area contributed by atoms with Gasteiger partial charge in [0, 0.05) is 17.3 Å². The van der Waals surface area contributed by atoms with E-state index in [1.54, 1.807) is 39.8 Å². The maximum atomic E-state index is 11.6. The van der Waals surface area contributed by atoms with E-state index in [4.69, 9.17) is 9.47 Å². The molecule has 0 aromatic heterocycles. The number of amides is 1. The lowest BCUT2D eigenvalue weighted by atomic mass is 10.1. The molecular weight excluding hydrogens is 274 g/mol. The molecule has 0 aliphatic carbocycles. The zero-order valence-corrected chi connectivity index (χ0v) is 12.7. The van der Waals surface area contributed by atoms with Gasteiger partial charge in [-0.2, -0.15) is 0 Å². The Hall–Kier alpha value is -2.24. The third-order valence-corrected chi connectivity index (χ3v) is 2.37. The van der Waals surface area contributed by atoms with E-state index < -0.39 is 17.7 Å². The lowest BCUT2D eigenvalue weighted by Gasteiger charge is -2.19. The minimum atomic E-state index is -0.611. The number of aromatic hydroxyl groups is 1.